The highest BCUT2D eigenvalue weighted by Crippen LogP contribution is 2.49. The van der Waals surface area contributed by atoms with Gasteiger partial charge in [-0.1, -0.05) is 62.2 Å². The van der Waals surface area contributed by atoms with Crippen molar-refractivity contribution in [2.75, 3.05) is 84.6 Å². The topological polar surface area (TPSA) is 475 Å². The number of methoxy groups -OCH3 is 2. The molecule has 0 aliphatic carbocycles. The van der Waals surface area contributed by atoms with Crippen LogP contribution in [0.5, 0.6) is 11.5 Å². The van der Waals surface area contributed by atoms with Gasteiger partial charge >= 0.3 is 36.2 Å². The van der Waals surface area contributed by atoms with Gasteiger partial charge in [0.1, 0.15) is 89.1 Å². The average Bonchev–Trinajstić information content (AvgIpc) is 1.52. The van der Waals surface area contributed by atoms with Gasteiger partial charge in [0, 0.05) is 72.1 Å². The van der Waals surface area contributed by atoms with E-state index >= 15 is 0 Å². The van der Waals surface area contributed by atoms with E-state index in [0.29, 0.717) is 12.0 Å². The van der Waals surface area contributed by atoms with Gasteiger partial charge in [-0.25, -0.2) is 24.0 Å². The SMILES string of the molecule is COc1cc2cc(c1Cl)N(C)C(=O)C[C@H](OC(=O)[C@H](C)N(C)C(=O)CCC(=O)N(CCOCCOCCC(=O)O)C1CCN(C(=O)OCc3ccc(NC(=O)[C@H](C)NC(=O)[C@@H](NC(=O)OC(C)(C)C)C(C)C)c(O[C@@H]4O[C@H](C(=O)O)[C@@H](O)[C@H](O)[C@H]4O)c3)CC1)[C@@]1(C)OC1[C@H](C)[C@@H]1C[C@@](O)(NC(=O)O1)[C@H](OC)/C=C\C=C(\C)C2. The molecule has 0 radical (unpaired) electrons. The van der Waals surface area contributed by atoms with Crippen molar-refractivity contribution < 1.29 is 135 Å². The monoisotopic (exact) mass is 1600 g/mol. The van der Waals surface area contributed by atoms with Crippen LogP contribution in [-0.2, 0) is 94.0 Å². The Balaban J connectivity index is 1.03. The number of fused-ring (bicyclic) bond motifs is 5. The van der Waals surface area contributed by atoms with Crippen LogP contribution in [0.25, 0.3) is 0 Å². The molecule has 2 aromatic carbocycles. The van der Waals surface area contributed by atoms with Crippen LogP contribution in [0.4, 0.5) is 25.8 Å². The minimum absolute atomic E-state index is 0.000497. The van der Waals surface area contributed by atoms with Crippen molar-refractivity contribution in [2.24, 2.45) is 11.8 Å². The fourth-order valence-electron chi connectivity index (χ4n) is 13.2. The molecule has 7 rings (SSSR count). The van der Waals surface area contributed by atoms with Gasteiger partial charge in [-0.05, 0) is 109 Å². The van der Waals surface area contributed by atoms with Crippen LogP contribution in [0.1, 0.15) is 125 Å². The maximum absolute atomic E-state index is 14.6. The molecule has 2 aromatic rings. The number of halogens is 1. The smallest absolute Gasteiger partial charge is 0.410 e. The number of rotatable bonds is 29. The molecule has 0 aromatic heterocycles. The van der Waals surface area contributed by atoms with E-state index in [1.54, 1.807) is 78.8 Å². The standard InChI is InChI=1S/C75H107ClN8O28/c1-39(2)59(79-70(98)112-73(7,8)9)66(94)77-42(5)65(93)78-47-19-18-44(34-49(47)107-69-62(92)60(90)61(91)63(110-69)67(95)96)38-106-72(100)83-25-22-46(23-26-83)84(27-29-105-31-30-104-28-24-57(88)89)55(86)21-20-54(85)81(11)43(6)68(97)109-53-36-56(87)82(12)48-33-45(35-50(102-13)58(48)76)32-40(3)16-15-17-52(103-14)75(101)37-51(108-71(99)80-75)41(4)64-74(53,10)111-64/h15-19,33-35,39,41-43,46,51-53,59-64,69,90-92,101H,20-32,36-38H2,1-14H3,(H,77,94)(H,78,93)(H,79,98)(H,80,99)(H,88,89)(H,95,96)/b17-15-,40-16-/t41-,42+,43+,51+,52-,53+,59+,60+,61+,62-,63+,64?,69-,74-,75+/m1/s1. The highest BCUT2D eigenvalue weighted by molar-refractivity contribution is 6.35. The lowest BCUT2D eigenvalue weighted by Gasteiger charge is -2.42. The van der Waals surface area contributed by atoms with Crippen molar-refractivity contribution in [2.45, 2.75) is 223 Å². The number of amides is 8. The number of likely N-dealkylation sites (tertiary alicyclic amines) is 1. The number of epoxide rings is 1. The first-order valence-electron chi connectivity index (χ1n) is 36.9. The number of carboxylic acids is 2. The number of aliphatic carboxylic acids is 2. The summed E-state index contributed by atoms with van der Waals surface area (Å²) in [6.45, 7) is 15.8. The van der Waals surface area contributed by atoms with E-state index in [-0.39, 0.29) is 112 Å². The molecule has 4 bridgehead atoms. The van der Waals surface area contributed by atoms with Crippen LogP contribution in [0, 0.1) is 11.8 Å². The summed E-state index contributed by atoms with van der Waals surface area (Å²) in [5, 5.41) is 72.9. The highest BCUT2D eigenvalue weighted by Gasteiger charge is 2.65. The normalized spacial score (nSPS) is 26.5. The van der Waals surface area contributed by atoms with E-state index in [2.05, 4.69) is 21.3 Å². The number of esters is 1. The van der Waals surface area contributed by atoms with Gasteiger partial charge in [0.15, 0.2) is 11.8 Å². The van der Waals surface area contributed by atoms with Crippen molar-refractivity contribution >= 4 is 88.7 Å². The zero-order valence-corrected chi connectivity index (χ0v) is 66.2. The number of ether oxygens (including phenoxy) is 11. The Morgan fingerprint density at radius 2 is 1.53 bits per heavy atom. The number of piperidine rings is 1. The molecular weight excluding hydrogens is 1500 g/mol. The summed E-state index contributed by atoms with van der Waals surface area (Å²) in [5.74, 6) is -8.20. The number of alkyl carbamates (subject to hydrolysis) is 2. The Morgan fingerprint density at radius 1 is 0.857 bits per heavy atom. The van der Waals surface area contributed by atoms with Gasteiger partial charge in [-0.2, -0.15) is 0 Å². The molecule has 1 unspecified atom stereocenters. The number of benzene rings is 2. The number of hydrogen-bond acceptors (Lipinski definition) is 26. The number of anilines is 2. The van der Waals surface area contributed by atoms with Crippen LogP contribution in [0.2, 0.25) is 5.02 Å². The lowest BCUT2D eigenvalue weighted by atomic mass is 9.83. The zero-order valence-electron chi connectivity index (χ0n) is 65.4. The van der Waals surface area contributed by atoms with E-state index < -0.39 is 193 Å². The van der Waals surface area contributed by atoms with Gasteiger partial charge in [0.2, 0.25) is 35.8 Å². The zero-order chi connectivity index (χ0) is 83.0. The Hall–Kier alpha value is -8.98. The molecule has 15 atom stereocenters. The van der Waals surface area contributed by atoms with Crippen LogP contribution in [0.15, 0.2) is 54.1 Å². The van der Waals surface area contributed by atoms with Gasteiger partial charge in [-0.15, -0.1) is 0 Å². The Kier molecular flexibility index (Phi) is 31.9. The molecule has 112 heavy (non-hydrogen) atoms. The Morgan fingerprint density at radius 3 is 2.16 bits per heavy atom. The van der Waals surface area contributed by atoms with Gasteiger partial charge < -0.3 is 118 Å². The average molecular weight is 1600 g/mol. The molecule has 622 valence electrons. The van der Waals surface area contributed by atoms with Crippen molar-refractivity contribution in [3.8, 4) is 11.5 Å². The fraction of sp³-hybridized carbons (Fsp3) is 0.640. The molecule has 0 saturated carbocycles. The van der Waals surface area contributed by atoms with Crippen molar-refractivity contribution in [1.82, 2.24) is 30.7 Å². The summed E-state index contributed by atoms with van der Waals surface area (Å²) in [5.41, 5.74) is -2.39. The number of carbonyl (C=O) groups excluding carboxylic acids is 9. The van der Waals surface area contributed by atoms with Crippen LogP contribution in [-0.4, -0.2) is 282 Å². The van der Waals surface area contributed by atoms with E-state index in [4.69, 9.17) is 68.8 Å². The van der Waals surface area contributed by atoms with Gasteiger partial charge in [-0.3, -0.25) is 34.1 Å². The number of aliphatic hydroxyl groups excluding tert-OH is 3. The second-order valence-electron chi connectivity index (χ2n) is 29.9. The van der Waals surface area contributed by atoms with Gasteiger partial charge in [0.05, 0.1) is 63.9 Å². The first-order chi connectivity index (χ1) is 52.6. The summed E-state index contributed by atoms with van der Waals surface area (Å²) in [4.78, 5) is 153. The van der Waals surface area contributed by atoms with Crippen molar-refractivity contribution in [1.29, 1.82) is 0 Å². The Labute approximate surface area is 653 Å². The second-order valence-corrected chi connectivity index (χ2v) is 30.3. The second kappa shape index (κ2) is 39.7. The summed E-state index contributed by atoms with van der Waals surface area (Å²) in [6, 6.07) is 3.13. The number of nitrogens with one attached hydrogen (secondary N) is 4. The largest absolute Gasteiger partial charge is 0.495 e. The molecule has 5 aliphatic rings. The maximum atomic E-state index is 14.6. The first-order valence-corrected chi connectivity index (χ1v) is 37.2. The Bertz CT molecular complexity index is 3770. The summed E-state index contributed by atoms with van der Waals surface area (Å²) in [6.07, 6.45) is -13.0. The number of allylic oxidation sites excluding steroid dienone is 3. The molecule has 8 amide bonds. The lowest BCUT2D eigenvalue weighted by Crippen LogP contribution is -2.63. The fourth-order valence-corrected chi connectivity index (χ4v) is 13.5. The number of carbonyl (C=O) groups is 11. The van der Waals surface area contributed by atoms with Crippen molar-refractivity contribution in [3.05, 3.63) is 70.3 Å². The van der Waals surface area contributed by atoms with Crippen LogP contribution < -0.4 is 35.6 Å². The highest BCUT2D eigenvalue weighted by atomic mass is 35.5. The molecular formula is C75H107ClN8O28. The number of carboxylic acid groups (broad SMARTS) is 2. The molecule has 37 heteroatoms. The third-order valence-corrected chi connectivity index (χ3v) is 20.3. The number of likely N-dealkylation sites (N-methyl/N-ethyl adjacent to an activating group) is 1. The molecule has 10 N–H and O–H groups in total. The molecule has 36 nitrogen and oxygen atoms in total. The molecule has 5 heterocycles. The number of aliphatic hydroxyl groups is 4. The minimum atomic E-state index is -2.09. The predicted molar refractivity (Wildman–Crippen MR) is 396 cm³/mol. The third kappa shape index (κ3) is 24.0. The van der Waals surface area contributed by atoms with Crippen LogP contribution >= 0.6 is 11.6 Å². The number of nitrogens with zero attached hydrogens (tertiary/aromatic N) is 4. The third-order valence-electron chi connectivity index (χ3n) is 20.0. The molecule has 4 saturated heterocycles. The van der Waals surface area contributed by atoms with E-state index in [9.17, 15) is 78.3 Å². The van der Waals surface area contributed by atoms with E-state index in [1.165, 1.54) is 75.1 Å². The predicted octanol–water partition coefficient (Wildman–Crippen LogP) is 3.70. The van der Waals surface area contributed by atoms with E-state index in [1.807, 2.05) is 6.92 Å². The summed E-state index contributed by atoms with van der Waals surface area (Å²) in [7, 11) is 5.66. The lowest BCUT2D eigenvalue weighted by molar-refractivity contribution is -0.271. The quantitative estimate of drug-likeness (QED) is 0.0240. The number of hydrogen-bond donors (Lipinski definition) is 10. The van der Waals surface area contributed by atoms with Gasteiger partial charge in [0.25, 0.3) is 0 Å². The first kappa shape index (κ1) is 90.2. The summed E-state index contributed by atoms with van der Waals surface area (Å²) >= 11 is 6.88. The molecule has 0 spiro atoms. The van der Waals surface area contributed by atoms with E-state index in [0.717, 1.165) is 10.5 Å². The van der Waals surface area contributed by atoms with Crippen molar-refractivity contribution in [3.63, 3.8) is 0 Å². The minimum Gasteiger partial charge on any atom is -0.495 e. The molecule has 5 aliphatic heterocycles. The summed E-state index contributed by atoms with van der Waals surface area (Å²) < 4.78 is 63.1. The maximum Gasteiger partial charge on any atom is 0.410 e. The van der Waals surface area contributed by atoms with Crippen LogP contribution in [0.3, 0.4) is 0 Å². The molecule has 4 fully saturated rings.